The zero-order valence-electron chi connectivity index (χ0n) is 11.3. The monoisotopic (exact) mass is 268 g/mol. The Bertz CT molecular complexity index is 435. The molecule has 1 aliphatic rings. The van der Waals surface area contributed by atoms with Crippen LogP contribution >= 0.6 is 0 Å². The number of rotatable bonds is 4. The Balaban J connectivity index is 2.15. The summed E-state index contributed by atoms with van der Waals surface area (Å²) < 4.78 is 10.5. The topological polar surface area (TPSA) is 93.7 Å². The molecule has 0 bridgehead atoms. The Morgan fingerprint density at radius 3 is 2.79 bits per heavy atom. The van der Waals surface area contributed by atoms with Crippen LogP contribution in [-0.4, -0.2) is 54.6 Å². The second kappa shape index (κ2) is 5.58. The summed E-state index contributed by atoms with van der Waals surface area (Å²) in [6, 6.07) is 0. The van der Waals surface area contributed by atoms with Crippen molar-refractivity contribution in [2.75, 3.05) is 44.5 Å². The van der Waals surface area contributed by atoms with E-state index in [9.17, 15) is 5.11 Å². The highest BCUT2D eigenvalue weighted by Crippen LogP contribution is 2.31. The van der Waals surface area contributed by atoms with Crippen molar-refractivity contribution in [2.24, 2.45) is 0 Å². The molecule has 0 aliphatic carbocycles. The van der Waals surface area contributed by atoms with Gasteiger partial charge >= 0.3 is 0 Å². The van der Waals surface area contributed by atoms with Gasteiger partial charge < -0.3 is 25.2 Å². The number of nitrogen functional groups attached to an aromatic ring is 1. The fourth-order valence-corrected chi connectivity index (χ4v) is 2.27. The molecule has 0 atom stereocenters. The summed E-state index contributed by atoms with van der Waals surface area (Å²) in [4.78, 5) is 9.90. The Labute approximate surface area is 112 Å². The maximum absolute atomic E-state index is 10.5. The van der Waals surface area contributed by atoms with Gasteiger partial charge in [0.2, 0.25) is 5.75 Å². The summed E-state index contributed by atoms with van der Waals surface area (Å²) in [5, 5.41) is 10.5. The highest BCUT2D eigenvalue weighted by Gasteiger charge is 2.32. The molecule has 1 aromatic rings. The molecule has 1 aromatic heterocycles. The van der Waals surface area contributed by atoms with Crippen molar-refractivity contribution in [1.82, 2.24) is 9.97 Å². The number of anilines is 2. The number of aliphatic hydroxyl groups is 1. The molecule has 19 heavy (non-hydrogen) atoms. The van der Waals surface area contributed by atoms with Crippen LogP contribution in [0.15, 0.2) is 6.33 Å². The minimum absolute atomic E-state index is 0.290. The third-order valence-electron chi connectivity index (χ3n) is 3.33. The molecule has 0 aromatic carbocycles. The zero-order valence-corrected chi connectivity index (χ0v) is 11.3. The molecule has 106 valence electrons. The van der Waals surface area contributed by atoms with Crippen LogP contribution in [0.2, 0.25) is 0 Å². The van der Waals surface area contributed by atoms with Crippen LogP contribution in [-0.2, 0) is 4.74 Å². The van der Waals surface area contributed by atoms with Crippen molar-refractivity contribution in [3.05, 3.63) is 6.33 Å². The molecule has 7 heteroatoms. The lowest BCUT2D eigenvalue weighted by Gasteiger charge is -2.36. The van der Waals surface area contributed by atoms with Crippen LogP contribution in [0.4, 0.5) is 11.6 Å². The van der Waals surface area contributed by atoms with Crippen LogP contribution in [0.5, 0.6) is 5.75 Å². The van der Waals surface area contributed by atoms with Gasteiger partial charge in [-0.15, -0.1) is 0 Å². The summed E-state index contributed by atoms with van der Waals surface area (Å²) in [6.07, 6.45) is 2.61. The SMILES string of the molecule is COc1c(N)ncnc1N(C)CC1(O)CCOCC1. The highest BCUT2D eigenvalue weighted by atomic mass is 16.5. The Morgan fingerprint density at radius 1 is 1.47 bits per heavy atom. The Morgan fingerprint density at radius 2 is 2.16 bits per heavy atom. The second-order valence-electron chi connectivity index (χ2n) is 4.81. The zero-order chi connectivity index (χ0) is 13.9. The van der Waals surface area contributed by atoms with Gasteiger partial charge in [-0.25, -0.2) is 9.97 Å². The molecule has 0 saturated carbocycles. The van der Waals surface area contributed by atoms with E-state index < -0.39 is 5.60 Å². The van der Waals surface area contributed by atoms with Crippen molar-refractivity contribution >= 4 is 11.6 Å². The fraction of sp³-hybridized carbons (Fsp3) is 0.667. The van der Waals surface area contributed by atoms with Crippen molar-refractivity contribution in [2.45, 2.75) is 18.4 Å². The summed E-state index contributed by atoms with van der Waals surface area (Å²) >= 11 is 0. The van der Waals surface area contributed by atoms with E-state index in [4.69, 9.17) is 15.2 Å². The van der Waals surface area contributed by atoms with Gasteiger partial charge in [0.1, 0.15) is 6.33 Å². The fourth-order valence-electron chi connectivity index (χ4n) is 2.27. The van der Waals surface area contributed by atoms with E-state index in [0.29, 0.717) is 50.0 Å². The smallest absolute Gasteiger partial charge is 0.204 e. The summed E-state index contributed by atoms with van der Waals surface area (Å²) in [5.41, 5.74) is 4.98. The maximum atomic E-state index is 10.5. The van der Waals surface area contributed by atoms with Crippen LogP contribution in [0, 0.1) is 0 Å². The Kier molecular flexibility index (Phi) is 4.06. The predicted octanol–water partition coefficient (Wildman–Crippen LogP) is 0.0451. The predicted molar refractivity (Wildman–Crippen MR) is 71.3 cm³/mol. The molecule has 1 aliphatic heterocycles. The summed E-state index contributed by atoms with van der Waals surface area (Å²) in [6.45, 7) is 1.60. The van der Waals surface area contributed by atoms with Crippen LogP contribution in [0.1, 0.15) is 12.8 Å². The number of ether oxygens (including phenoxy) is 2. The first-order chi connectivity index (χ1) is 9.06. The van der Waals surface area contributed by atoms with E-state index >= 15 is 0 Å². The number of likely N-dealkylation sites (N-methyl/N-ethyl adjacent to an activating group) is 1. The van der Waals surface area contributed by atoms with E-state index in [1.54, 1.807) is 0 Å². The first-order valence-electron chi connectivity index (χ1n) is 6.21. The normalized spacial score (nSPS) is 18.1. The van der Waals surface area contributed by atoms with Gasteiger partial charge in [0.25, 0.3) is 0 Å². The minimum Gasteiger partial charge on any atom is -0.490 e. The second-order valence-corrected chi connectivity index (χ2v) is 4.81. The molecule has 0 spiro atoms. The molecule has 1 saturated heterocycles. The van der Waals surface area contributed by atoms with Gasteiger partial charge in [0.15, 0.2) is 11.6 Å². The van der Waals surface area contributed by atoms with E-state index in [2.05, 4.69) is 9.97 Å². The Hall–Kier alpha value is -1.60. The number of aromatic nitrogens is 2. The van der Waals surface area contributed by atoms with E-state index in [1.165, 1.54) is 13.4 Å². The molecular weight excluding hydrogens is 248 g/mol. The first-order valence-corrected chi connectivity index (χ1v) is 6.21. The number of nitrogens with two attached hydrogens (primary N) is 1. The quantitative estimate of drug-likeness (QED) is 0.796. The average molecular weight is 268 g/mol. The van der Waals surface area contributed by atoms with Crippen molar-refractivity contribution in [3.63, 3.8) is 0 Å². The molecule has 2 heterocycles. The van der Waals surface area contributed by atoms with Crippen molar-refractivity contribution < 1.29 is 14.6 Å². The van der Waals surface area contributed by atoms with Gasteiger partial charge in [-0.3, -0.25) is 0 Å². The minimum atomic E-state index is -0.766. The van der Waals surface area contributed by atoms with E-state index in [1.807, 2.05) is 11.9 Å². The standard InChI is InChI=1S/C12H20N4O3/c1-16(7-12(17)3-5-19-6-4-12)11-9(18-2)10(13)14-8-15-11/h8,17H,3-7H2,1-2H3,(H2,13,14,15). The molecule has 1 fully saturated rings. The molecule has 2 rings (SSSR count). The highest BCUT2D eigenvalue weighted by molar-refractivity contribution is 5.62. The molecule has 0 unspecified atom stereocenters. The number of nitrogens with zero attached hydrogens (tertiary/aromatic N) is 3. The number of hydrogen-bond donors (Lipinski definition) is 2. The van der Waals surface area contributed by atoms with Crippen LogP contribution < -0.4 is 15.4 Å². The van der Waals surface area contributed by atoms with E-state index in [-0.39, 0.29) is 0 Å². The van der Waals surface area contributed by atoms with Crippen LogP contribution in [0.3, 0.4) is 0 Å². The molecule has 0 amide bonds. The molecule has 3 N–H and O–H groups in total. The summed E-state index contributed by atoms with van der Waals surface area (Å²) in [5.74, 6) is 1.30. The molecule has 7 nitrogen and oxygen atoms in total. The largest absolute Gasteiger partial charge is 0.490 e. The van der Waals surface area contributed by atoms with Gasteiger partial charge in [0.05, 0.1) is 12.7 Å². The average Bonchev–Trinajstić information content (AvgIpc) is 2.38. The third-order valence-corrected chi connectivity index (χ3v) is 3.33. The van der Waals surface area contributed by atoms with Gasteiger partial charge in [-0.1, -0.05) is 0 Å². The maximum Gasteiger partial charge on any atom is 0.204 e. The molecule has 0 radical (unpaired) electrons. The third kappa shape index (κ3) is 3.05. The van der Waals surface area contributed by atoms with Crippen molar-refractivity contribution in [3.8, 4) is 5.75 Å². The van der Waals surface area contributed by atoms with Gasteiger partial charge in [-0.2, -0.15) is 0 Å². The first kappa shape index (κ1) is 13.8. The van der Waals surface area contributed by atoms with Gasteiger partial charge in [0, 0.05) is 39.6 Å². The van der Waals surface area contributed by atoms with Crippen LogP contribution in [0.25, 0.3) is 0 Å². The summed E-state index contributed by atoms with van der Waals surface area (Å²) in [7, 11) is 3.37. The number of hydrogen-bond acceptors (Lipinski definition) is 7. The lowest BCUT2D eigenvalue weighted by atomic mass is 9.94. The van der Waals surface area contributed by atoms with Gasteiger partial charge in [-0.05, 0) is 0 Å². The van der Waals surface area contributed by atoms with Crippen molar-refractivity contribution in [1.29, 1.82) is 0 Å². The lowest BCUT2D eigenvalue weighted by molar-refractivity contribution is -0.0573. The lowest BCUT2D eigenvalue weighted by Crippen LogP contribution is -2.46. The number of methoxy groups -OCH3 is 1. The molecular formula is C12H20N4O3. The van der Waals surface area contributed by atoms with E-state index in [0.717, 1.165) is 0 Å².